The summed E-state index contributed by atoms with van der Waals surface area (Å²) in [7, 11) is 3.22. The molecule has 2 N–H and O–H groups in total. The average Bonchev–Trinajstić information content (AvgIpc) is 2.84. The number of nitrogen functional groups attached to an aromatic ring is 1. The number of methoxy groups -OCH3 is 2. The van der Waals surface area contributed by atoms with Crippen LogP contribution in [0.4, 0.5) is 11.8 Å². The van der Waals surface area contributed by atoms with Crippen LogP contribution in [-0.2, 0) is 13.1 Å². The van der Waals surface area contributed by atoms with E-state index < -0.39 is 0 Å². The summed E-state index contributed by atoms with van der Waals surface area (Å²) in [5.41, 5.74) is 9.38. The number of ether oxygens (including phenoxy) is 2. The molecule has 0 bridgehead atoms. The predicted molar refractivity (Wildman–Crippen MR) is 123 cm³/mol. The monoisotopic (exact) mass is 428 g/mol. The number of rotatable bonds is 8. The molecule has 32 heavy (non-hydrogen) atoms. The van der Waals surface area contributed by atoms with Gasteiger partial charge in [-0.05, 0) is 36.4 Å². The Labute approximate surface area is 186 Å². The summed E-state index contributed by atoms with van der Waals surface area (Å²) in [6.45, 7) is 1.07. The van der Waals surface area contributed by atoms with Crippen LogP contribution in [0.25, 0.3) is 11.3 Å². The first-order valence-electron chi connectivity index (χ1n) is 10.1. The Balaban J connectivity index is 1.75. The Morgan fingerprint density at radius 3 is 2.06 bits per heavy atom. The zero-order valence-corrected chi connectivity index (χ0v) is 18.0. The Morgan fingerprint density at radius 2 is 1.50 bits per heavy atom. The highest BCUT2D eigenvalue weighted by Crippen LogP contribution is 2.34. The van der Waals surface area contributed by atoms with Crippen LogP contribution in [0, 0.1) is 0 Å². The first kappa shape index (κ1) is 21.0. The van der Waals surface area contributed by atoms with Crippen molar-refractivity contribution in [2.45, 2.75) is 13.1 Å². The minimum atomic E-state index is 0.169. The van der Waals surface area contributed by atoms with Crippen molar-refractivity contribution in [2.24, 2.45) is 0 Å². The maximum absolute atomic E-state index is 6.12. The van der Waals surface area contributed by atoms with Crippen LogP contribution in [0.5, 0.6) is 11.5 Å². The summed E-state index contributed by atoms with van der Waals surface area (Å²) in [4.78, 5) is 20.0. The second-order valence-electron chi connectivity index (χ2n) is 7.03. The lowest BCUT2D eigenvalue weighted by Crippen LogP contribution is -2.25. The Morgan fingerprint density at radius 1 is 0.812 bits per heavy atom. The van der Waals surface area contributed by atoms with Crippen molar-refractivity contribution in [3.63, 3.8) is 0 Å². The SMILES string of the molecule is COc1ccc(-c2cc(N(Cc3ccccn3)Cc3ccccn3)nc(N)n2)c(OC)c1. The van der Waals surface area contributed by atoms with Crippen molar-refractivity contribution in [3.05, 3.63) is 84.4 Å². The van der Waals surface area contributed by atoms with E-state index in [1.165, 1.54) is 0 Å². The predicted octanol–water partition coefficient (Wildman–Crippen LogP) is 3.74. The summed E-state index contributed by atoms with van der Waals surface area (Å²) in [5.74, 6) is 2.17. The number of anilines is 2. The molecule has 3 heterocycles. The standard InChI is InChI=1S/C24H24N6O2/c1-31-19-9-10-20(22(13-19)32-2)21-14-23(29-24(25)28-21)30(15-17-7-3-5-11-26-17)16-18-8-4-6-12-27-18/h3-14H,15-16H2,1-2H3,(H2,25,28,29). The quantitative estimate of drug-likeness (QED) is 0.453. The number of nitrogens with two attached hydrogens (primary N) is 1. The van der Waals surface area contributed by atoms with E-state index in [1.807, 2.05) is 60.7 Å². The third-order valence-electron chi connectivity index (χ3n) is 4.90. The number of hydrogen-bond acceptors (Lipinski definition) is 8. The number of hydrogen-bond donors (Lipinski definition) is 1. The Bertz CT molecular complexity index is 1130. The van der Waals surface area contributed by atoms with Gasteiger partial charge in [0.2, 0.25) is 5.95 Å². The van der Waals surface area contributed by atoms with Crippen molar-refractivity contribution < 1.29 is 9.47 Å². The second-order valence-corrected chi connectivity index (χ2v) is 7.03. The van der Waals surface area contributed by atoms with Gasteiger partial charge in [-0.2, -0.15) is 4.98 Å². The molecule has 8 nitrogen and oxygen atoms in total. The van der Waals surface area contributed by atoms with E-state index in [0.29, 0.717) is 36.1 Å². The molecule has 8 heteroatoms. The first-order valence-corrected chi connectivity index (χ1v) is 10.1. The molecule has 4 aromatic rings. The molecule has 0 aliphatic heterocycles. The number of benzene rings is 1. The number of pyridine rings is 2. The summed E-state index contributed by atoms with van der Waals surface area (Å²) < 4.78 is 10.9. The fourth-order valence-corrected chi connectivity index (χ4v) is 3.36. The average molecular weight is 428 g/mol. The fourth-order valence-electron chi connectivity index (χ4n) is 3.36. The highest BCUT2D eigenvalue weighted by molar-refractivity contribution is 5.71. The van der Waals surface area contributed by atoms with Gasteiger partial charge in [0.1, 0.15) is 17.3 Å². The number of aromatic nitrogens is 4. The molecule has 0 fully saturated rings. The second kappa shape index (κ2) is 9.74. The van der Waals surface area contributed by atoms with Crippen LogP contribution < -0.4 is 20.1 Å². The van der Waals surface area contributed by atoms with Gasteiger partial charge in [0.05, 0.1) is 44.4 Å². The molecule has 0 aliphatic rings. The molecule has 0 saturated heterocycles. The minimum Gasteiger partial charge on any atom is -0.497 e. The summed E-state index contributed by atoms with van der Waals surface area (Å²) in [6.07, 6.45) is 3.55. The van der Waals surface area contributed by atoms with Gasteiger partial charge < -0.3 is 20.1 Å². The van der Waals surface area contributed by atoms with Crippen LogP contribution >= 0.6 is 0 Å². The molecule has 3 aromatic heterocycles. The molecule has 0 aliphatic carbocycles. The van der Waals surface area contributed by atoms with Crippen LogP contribution in [0.1, 0.15) is 11.4 Å². The molecule has 0 radical (unpaired) electrons. The van der Waals surface area contributed by atoms with Gasteiger partial charge in [-0.25, -0.2) is 4.98 Å². The third-order valence-corrected chi connectivity index (χ3v) is 4.90. The van der Waals surface area contributed by atoms with E-state index in [9.17, 15) is 0 Å². The highest BCUT2D eigenvalue weighted by Gasteiger charge is 2.17. The Hall–Kier alpha value is -4.20. The van der Waals surface area contributed by atoms with Crippen molar-refractivity contribution >= 4 is 11.8 Å². The van der Waals surface area contributed by atoms with Crippen molar-refractivity contribution in [1.82, 2.24) is 19.9 Å². The van der Waals surface area contributed by atoms with E-state index in [0.717, 1.165) is 17.0 Å². The zero-order chi connectivity index (χ0) is 22.3. The Kier molecular flexibility index (Phi) is 6.41. The molecule has 0 atom stereocenters. The van der Waals surface area contributed by atoms with Crippen molar-refractivity contribution in [2.75, 3.05) is 24.9 Å². The molecule has 0 saturated carbocycles. The smallest absolute Gasteiger partial charge is 0.222 e. The van der Waals surface area contributed by atoms with E-state index in [1.54, 1.807) is 26.6 Å². The lowest BCUT2D eigenvalue weighted by Gasteiger charge is -2.24. The van der Waals surface area contributed by atoms with Crippen LogP contribution in [0.3, 0.4) is 0 Å². The van der Waals surface area contributed by atoms with E-state index in [4.69, 9.17) is 15.2 Å². The lowest BCUT2D eigenvalue weighted by atomic mass is 10.1. The molecular formula is C24H24N6O2. The van der Waals surface area contributed by atoms with Gasteiger partial charge in [-0.15, -0.1) is 0 Å². The molecule has 0 unspecified atom stereocenters. The van der Waals surface area contributed by atoms with Gasteiger partial charge in [0.25, 0.3) is 0 Å². The molecule has 0 spiro atoms. The van der Waals surface area contributed by atoms with E-state index in [-0.39, 0.29) is 5.95 Å². The summed E-state index contributed by atoms with van der Waals surface area (Å²) in [5, 5.41) is 0. The van der Waals surface area contributed by atoms with Crippen LogP contribution in [-0.4, -0.2) is 34.2 Å². The molecular weight excluding hydrogens is 404 g/mol. The van der Waals surface area contributed by atoms with Gasteiger partial charge in [-0.1, -0.05) is 12.1 Å². The topological polar surface area (TPSA) is 99.3 Å². The van der Waals surface area contributed by atoms with Gasteiger partial charge in [0.15, 0.2) is 0 Å². The van der Waals surface area contributed by atoms with E-state index >= 15 is 0 Å². The zero-order valence-electron chi connectivity index (χ0n) is 18.0. The minimum absolute atomic E-state index is 0.169. The summed E-state index contributed by atoms with van der Waals surface area (Å²) in [6, 6.07) is 19.1. The maximum Gasteiger partial charge on any atom is 0.222 e. The van der Waals surface area contributed by atoms with E-state index in [2.05, 4.69) is 24.8 Å². The molecule has 4 rings (SSSR count). The van der Waals surface area contributed by atoms with Crippen LogP contribution in [0.2, 0.25) is 0 Å². The fraction of sp³-hybridized carbons (Fsp3) is 0.167. The van der Waals surface area contributed by atoms with Crippen molar-refractivity contribution in [3.8, 4) is 22.8 Å². The van der Waals surface area contributed by atoms with Crippen molar-refractivity contribution in [1.29, 1.82) is 0 Å². The third kappa shape index (κ3) is 4.92. The first-order chi connectivity index (χ1) is 15.7. The molecule has 1 aromatic carbocycles. The largest absolute Gasteiger partial charge is 0.497 e. The van der Waals surface area contributed by atoms with Crippen LogP contribution in [0.15, 0.2) is 73.1 Å². The highest BCUT2D eigenvalue weighted by atomic mass is 16.5. The lowest BCUT2D eigenvalue weighted by molar-refractivity contribution is 0.395. The van der Waals surface area contributed by atoms with Gasteiger partial charge in [-0.3, -0.25) is 9.97 Å². The number of nitrogens with zero attached hydrogens (tertiary/aromatic N) is 5. The van der Waals surface area contributed by atoms with Gasteiger partial charge >= 0.3 is 0 Å². The molecule has 162 valence electrons. The molecule has 0 amide bonds. The maximum atomic E-state index is 6.12. The normalized spacial score (nSPS) is 10.6. The summed E-state index contributed by atoms with van der Waals surface area (Å²) >= 11 is 0. The van der Waals surface area contributed by atoms with Gasteiger partial charge in [0, 0.05) is 30.1 Å².